The van der Waals surface area contributed by atoms with Gasteiger partial charge in [-0.3, -0.25) is 4.90 Å². The molecule has 0 saturated heterocycles. The average Bonchev–Trinajstić information content (AvgIpc) is 2.75. The monoisotopic (exact) mass is 430 g/mol. The van der Waals surface area contributed by atoms with E-state index in [0.29, 0.717) is 27.8 Å². The summed E-state index contributed by atoms with van der Waals surface area (Å²) in [6, 6.07) is 13.0. The molecule has 1 heterocycles. The molecule has 2 aromatic carbocycles. The number of hydrogen-bond donors (Lipinski definition) is 1. The molecular formula is C22H23ClN2O5. The number of ether oxygens (including phenoxy) is 3. The lowest BCUT2D eigenvalue weighted by molar-refractivity contribution is -0.139. The van der Waals surface area contributed by atoms with Gasteiger partial charge in [0.15, 0.2) is 11.5 Å². The van der Waals surface area contributed by atoms with Gasteiger partial charge in [-0.1, -0.05) is 41.9 Å². The van der Waals surface area contributed by atoms with Gasteiger partial charge in [-0.15, -0.1) is 0 Å². The van der Waals surface area contributed by atoms with Gasteiger partial charge in [0.05, 0.1) is 31.0 Å². The molecule has 2 aromatic rings. The number of para-hydroxylation sites is 2. The van der Waals surface area contributed by atoms with Crippen LogP contribution in [0, 0.1) is 0 Å². The van der Waals surface area contributed by atoms with Gasteiger partial charge in [0.2, 0.25) is 0 Å². The molecule has 8 heteroatoms. The molecule has 0 aliphatic carbocycles. The summed E-state index contributed by atoms with van der Waals surface area (Å²) >= 11 is 6.36. The number of benzene rings is 2. The number of nitrogens with one attached hydrogen (secondary N) is 1. The van der Waals surface area contributed by atoms with Crippen LogP contribution in [0.4, 0.5) is 4.79 Å². The topological polar surface area (TPSA) is 77.1 Å². The molecule has 1 N–H and O–H groups in total. The fourth-order valence-electron chi connectivity index (χ4n) is 3.21. The van der Waals surface area contributed by atoms with Crippen LogP contribution in [0.5, 0.6) is 11.5 Å². The van der Waals surface area contributed by atoms with E-state index >= 15 is 0 Å². The lowest BCUT2D eigenvalue weighted by Gasteiger charge is -2.34. The summed E-state index contributed by atoms with van der Waals surface area (Å²) in [4.78, 5) is 26.9. The maximum atomic E-state index is 12.9. The molecule has 0 unspecified atom stereocenters. The van der Waals surface area contributed by atoms with Crippen LogP contribution in [0.1, 0.15) is 18.5 Å². The van der Waals surface area contributed by atoms with Gasteiger partial charge >= 0.3 is 12.0 Å². The highest BCUT2D eigenvalue weighted by atomic mass is 35.5. The van der Waals surface area contributed by atoms with Crippen molar-refractivity contribution in [2.75, 3.05) is 27.4 Å². The second-order valence-corrected chi connectivity index (χ2v) is 6.89. The van der Waals surface area contributed by atoms with E-state index in [1.54, 1.807) is 57.5 Å². The third kappa shape index (κ3) is 4.36. The van der Waals surface area contributed by atoms with Crippen molar-refractivity contribution in [1.29, 1.82) is 0 Å². The molecule has 158 valence electrons. The van der Waals surface area contributed by atoms with Gasteiger partial charge < -0.3 is 19.5 Å². The van der Waals surface area contributed by atoms with Crippen LogP contribution < -0.4 is 14.8 Å². The van der Waals surface area contributed by atoms with Crippen LogP contribution >= 0.6 is 11.6 Å². The zero-order valence-electron chi connectivity index (χ0n) is 17.0. The van der Waals surface area contributed by atoms with E-state index in [2.05, 4.69) is 5.32 Å². The van der Waals surface area contributed by atoms with E-state index in [1.807, 2.05) is 12.1 Å². The first kappa shape index (κ1) is 21.5. The maximum absolute atomic E-state index is 12.9. The summed E-state index contributed by atoms with van der Waals surface area (Å²) in [6.07, 6.45) is 0. The number of urea groups is 1. The number of carbonyl (C=O) groups excluding carboxylic acids is 2. The summed E-state index contributed by atoms with van der Waals surface area (Å²) in [5, 5.41) is 3.26. The molecule has 1 aliphatic rings. The highest BCUT2D eigenvalue weighted by molar-refractivity contribution is 6.31. The summed E-state index contributed by atoms with van der Waals surface area (Å²) < 4.78 is 16.5. The maximum Gasteiger partial charge on any atom is 0.338 e. The van der Waals surface area contributed by atoms with Crippen LogP contribution in [-0.2, 0) is 9.53 Å². The molecule has 3 rings (SSSR count). The number of esters is 1. The Morgan fingerprint density at radius 2 is 1.80 bits per heavy atom. The molecule has 0 bridgehead atoms. The molecule has 30 heavy (non-hydrogen) atoms. The fourth-order valence-corrected chi connectivity index (χ4v) is 3.45. The molecule has 0 aromatic heterocycles. The van der Waals surface area contributed by atoms with Crippen molar-refractivity contribution in [1.82, 2.24) is 10.2 Å². The Hall–Kier alpha value is -3.19. The first-order chi connectivity index (χ1) is 14.5. The van der Waals surface area contributed by atoms with Crippen molar-refractivity contribution < 1.29 is 23.8 Å². The molecular weight excluding hydrogens is 408 g/mol. The first-order valence-electron chi connectivity index (χ1n) is 9.42. The second-order valence-electron chi connectivity index (χ2n) is 6.48. The molecule has 0 spiro atoms. The Balaban J connectivity index is 2.06. The molecule has 7 nitrogen and oxygen atoms in total. The second kappa shape index (κ2) is 9.54. The Morgan fingerprint density at radius 1 is 1.13 bits per heavy atom. The Labute approximate surface area is 180 Å². The third-order valence-corrected chi connectivity index (χ3v) is 5.07. The number of rotatable bonds is 7. The van der Waals surface area contributed by atoms with E-state index < -0.39 is 12.0 Å². The van der Waals surface area contributed by atoms with Crippen LogP contribution in [0.25, 0.3) is 0 Å². The quantitative estimate of drug-likeness (QED) is 0.673. The van der Waals surface area contributed by atoms with Gasteiger partial charge in [0.1, 0.15) is 6.61 Å². The summed E-state index contributed by atoms with van der Waals surface area (Å²) in [5.41, 5.74) is 1.24. The number of nitrogens with zero attached hydrogens (tertiary/aromatic N) is 1. The van der Waals surface area contributed by atoms with Crippen molar-refractivity contribution in [2.45, 2.75) is 13.0 Å². The predicted molar refractivity (Wildman–Crippen MR) is 113 cm³/mol. The summed E-state index contributed by atoms with van der Waals surface area (Å²) in [5.74, 6) is 0.485. The number of amides is 2. The molecule has 2 amide bonds. The molecule has 1 atom stereocenters. The molecule has 0 fully saturated rings. The van der Waals surface area contributed by atoms with Crippen molar-refractivity contribution in [3.63, 3.8) is 0 Å². The van der Waals surface area contributed by atoms with E-state index in [9.17, 15) is 9.59 Å². The number of halogens is 1. The van der Waals surface area contributed by atoms with Gasteiger partial charge in [-0.25, -0.2) is 9.59 Å². The van der Waals surface area contributed by atoms with E-state index in [-0.39, 0.29) is 24.8 Å². The minimum absolute atomic E-state index is 0.0423. The van der Waals surface area contributed by atoms with E-state index in [0.717, 1.165) is 0 Å². The highest BCUT2D eigenvalue weighted by Gasteiger charge is 2.37. The Kier molecular flexibility index (Phi) is 6.84. The lowest BCUT2D eigenvalue weighted by atomic mass is 9.94. The van der Waals surface area contributed by atoms with Gasteiger partial charge in [0.25, 0.3) is 0 Å². The normalized spacial score (nSPS) is 16.2. The standard InChI is InChI=1S/C22H23ClN2O5/c1-4-29-21(26)19-16(13-30-18-12-8-7-11-17(18)28-3)25(2)22(27)24-20(19)14-9-5-6-10-15(14)23/h5-12,20H,4,13H2,1-3H3,(H,24,27)/t20-/m1/s1. The van der Waals surface area contributed by atoms with Crippen molar-refractivity contribution in [2.24, 2.45) is 0 Å². The van der Waals surface area contributed by atoms with Crippen LogP contribution in [-0.4, -0.2) is 44.3 Å². The van der Waals surface area contributed by atoms with E-state index in [4.69, 9.17) is 25.8 Å². The smallest absolute Gasteiger partial charge is 0.338 e. The minimum Gasteiger partial charge on any atom is -0.493 e. The van der Waals surface area contributed by atoms with Crippen LogP contribution in [0.15, 0.2) is 59.8 Å². The highest BCUT2D eigenvalue weighted by Crippen LogP contribution is 2.35. The van der Waals surface area contributed by atoms with Crippen LogP contribution in [0.3, 0.4) is 0 Å². The van der Waals surface area contributed by atoms with E-state index in [1.165, 1.54) is 4.90 Å². The minimum atomic E-state index is -0.766. The summed E-state index contributed by atoms with van der Waals surface area (Å²) in [6.45, 7) is 1.87. The van der Waals surface area contributed by atoms with Crippen molar-refractivity contribution in [3.8, 4) is 11.5 Å². The Morgan fingerprint density at radius 3 is 2.47 bits per heavy atom. The first-order valence-corrected chi connectivity index (χ1v) is 9.80. The lowest BCUT2D eigenvalue weighted by Crippen LogP contribution is -2.48. The van der Waals surface area contributed by atoms with Crippen molar-refractivity contribution in [3.05, 3.63) is 70.4 Å². The Bertz CT molecular complexity index is 976. The van der Waals surface area contributed by atoms with Crippen molar-refractivity contribution >= 4 is 23.6 Å². The van der Waals surface area contributed by atoms with Crippen LogP contribution in [0.2, 0.25) is 5.02 Å². The predicted octanol–water partition coefficient (Wildman–Crippen LogP) is 3.94. The number of hydrogen-bond acceptors (Lipinski definition) is 5. The summed E-state index contributed by atoms with van der Waals surface area (Å²) in [7, 11) is 3.11. The molecule has 1 aliphatic heterocycles. The third-order valence-electron chi connectivity index (χ3n) is 4.72. The number of methoxy groups -OCH3 is 1. The number of likely N-dealkylation sites (N-methyl/N-ethyl adjacent to an activating group) is 1. The molecule has 0 saturated carbocycles. The zero-order chi connectivity index (χ0) is 21.7. The number of carbonyl (C=O) groups is 2. The average molecular weight is 431 g/mol. The van der Waals surface area contributed by atoms with Gasteiger partial charge in [0, 0.05) is 12.1 Å². The van der Waals surface area contributed by atoms with Gasteiger partial charge in [-0.05, 0) is 30.7 Å². The largest absolute Gasteiger partial charge is 0.493 e. The van der Waals surface area contributed by atoms with Gasteiger partial charge in [-0.2, -0.15) is 0 Å². The zero-order valence-corrected chi connectivity index (χ0v) is 17.7. The fraction of sp³-hybridized carbons (Fsp3) is 0.273. The SMILES string of the molecule is CCOC(=O)C1=C(COc2ccccc2OC)N(C)C(=O)N[C@@H]1c1ccccc1Cl. The molecule has 0 radical (unpaired) electrons.